The zero-order chi connectivity index (χ0) is 23.3. The van der Waals surface area contributed by atoms with Crippen molar-refractivity contribution in [3.63, 3.8) is 0 Å². The van der Waals surface area contributed by atoms with Gasteiger partial charge in [-0.05, 0) is 86.7 Å². The van der Waals surface area contributed by atoms with Gasteiger partial charge in [0, 0.05) is 29.0 Å². The molecule has 1 amide bonds. The Kier molecular flexibility index (Phi) is 6.04. The summed E-state index contributed by atoms with van der Waals surface area (Å²) in [5.41, 5.74) is -1.73. The number of ether oxygens (including phenoxy) is 1. The van der Waals surface area contributed by atoms with Gasteiger partial charge in [-0.1, -0.05) is 18.2 Å². The normalized spacial score (nSPS) is 32.6. The topological polar surface area (TPSA) is 95.9 Å². The van der Waals surface area contributed by atoms with Gasteiger partial charge in [0.15, 0.2) is 5.72 Å². The smallest absolute Gasteiger partial charge is 0.333 e. The Morgan fingerprint density at radius 1 is 1.12 bits per heavy atom. The number of aliphatic hydroxyl groups is 1. The molecule has 0 aromatic heterocycles. The molecule has 0 heterocycles. The second-order valence-corrected chi connectivity index (χ2v) is 12.3. The molecule has 5 aliphatic rings. The average Bonchev–Trinajstić information content (AvgIpc) is 3.61. The number of benzene rings is 1. The van der Waals surface area contributed by atoms with E-state index in [4.69, 9.17) is 4.74 Å². The van der Waals surface area contributed by atoms with Crippen molar-refractivity contribution in [2.45, 2.75) is 63.5 Å². The Morgan fingerprint density at radius 2 is 1.70 bits per heavy atom. The van der Waals surface area contributed by atoms with Crippen LogP contribution in [0, 0.1) is 29.1 Å². The number of nitrogens with one attached hydrogen (secondary N) is 1. The molecule has 0 aliphatic heterocycles. The third kappa shape index (κ3) is 4.45. The van der Waals surface area contributed by atoms with Crippen molar-refractivity contribution >= 4 is 16.1 Å². The van der Waals surface area contributed by atoms with E-state index in [1.54, 1.807) is 18.2 Å². The minimum absolute atomic E-state index is 0.0395. The molecule has 6 rings (SSSR count). The molecule has 33 heavy (non-hydrogen) atoms. The summed E-state index contributed by atoms with van der Waals surface area (Å²) in [4.78, 5) is 12.4. The lowest BCUT2D eigenvalue weighted by atomic mass is 9.50. The van der Waals surface area contributed by atoms with Gasteiger partial charge < -0.3 is 9.84 Å². The van der Waals surface area contributed by atoms with Crippen molar-refractivity contribution in [1.82, 2.24) is 9.25 Å². The summed E-state index contributed by atoms with van der Waals surface area (Å²) in [5.74, 6) is 0.787. The Hall–Kier alpha value is -1.55. The van der Waals surface area contributed by atoms with Gasteiger partial charge >= 0.3 is 10.2 Å². The predicted molar refractivity (Wildman–Crippen MR) is 119 cm³/mol. The molecule has 1 aromatic rings. The SMILES string of the molecule is O=C(NS(=O)(=O)N(F)C(CCO)(OCC12CC3CC(CC(C3)C1)C2)C1CC1)c1ccccc1. The maximum atomic E-state index is 15.8. The second kappa shape index (κ2) is 8.59. The highest BCUT2D eigenvalue weighted by Gasteiger charge is 2.58. The summed E-state index contributed by atoms with van der Waals surface area (Å²) in [6, 6.07) is 7.81. The fourth-order valence-electron chi connectivity index (χ4n) is 7.12. The summed E-state index contributed by atoms with van der Waals surface area (Å²) in [6.45, 7) is -0.129. The number of hydrogen-bond acceptors (Lipinski definition) is 5. The summed E-state index contributed by atoms with van der Waals surface area (Å²) in [7, 11) is -4.84. The standard InChI is InChI=1S/C24H33FN2O5S/c25-27(33(30,31)26-22(29)20-4-2-1-3-5-20)24(8-9-28,21-6-7-21)32-16-23-13-17-10-18(14-23)12-19(11-17)15-23/h1-5,17-19,21,28H,6-16H2,(H,26,29). The van der Waals surface area contributed by atoms with Gasteiger partial charge in [-0.15, -0.1) is 4.48 Å². The maximum Gasteiger partial charge on any atom is 0.333 e. The minimum atomic E-state index is -4.84. The van der Waals surface area contributed by atoms with Crippen LogP contribution in [-0.2, 0) is 14.9 Å². The first-order valence-electron chi connectivity index (χ1n) is 12.1. The molecule has 182 valence electrons. The van der Waals surface area contributed by atoms with Gasteiger partial charge in [0.05, 0.1) is 6.61 Å². The number of aliphatic hydroxyl groups excluding tert-OH is 1. The van der Waals surface area contributed by atoms with E-state index >= 15 is 4.48 Å². The van der Waals surface area contributed by atoms with Crippen molar-refractivity contribution in [1.29, 1.82) is 0 Å². The fourth-order valence-corrected chi connectivity index (χ4v) is 8.26. The highest BCUT2D eigenvalue weighted by Crippen LogP contribution is 2.61. The van der Waals surface area contributed by atoms with E-state index in [9.17, 15) is 18.3 Å². The lowest BCUT2D eigenvalue weighted by molar-refractivity contribution is -0.233. The molecule has 1 aromatic carbocycles. The van der Waals surface area contributed by atoms with Gasteiger partial charge in [-0.2, -0.15) is 8.42 Å². The number of carbonyl (C=O) groups is 1. The first-order chi connectivity index (χ1) is 15.8. The quantitative estimate of drug-likeness (QED) is 0.394. The fraction of sp³-hybridized carbons (Fsp3) is 0.708. The van der Waals surface area contributed by atoms with E-state index in [2.05, 4.69) is 0 Å². The van der Waals surface area contributed by atoms with Crippen molar-refractivity contribution in [3.8, 4) is 0 Å². The van der Waals surface area contributed by atoms with Gasteiger partial charge in [0.25, 0.3) is 5.91 Å². The maximum absolute atomic E-state index is 15.8. The van der Waals surface area contributed by atoms with Crippen LogP contribution < -0.4 is 4.72 Å². The zero-order valence-electron chi connectivity index (χ0n) is 18.8. The van der Waals surface area contributed by atoms with Crippen molar-refractivity contribution in [2.24, 2.45) is 29.1 Å². The van der Waals surface area contributed by atoms with Crippen LogP contribution in [0.4, 0.5) is 4.48 Å². The Bertz CT molecular complexity index is 949. The summed E-state index contributed by atoms with van der Waals surface area (Å²) >= 11 is 0. The molecule has 5 aliphatic carbocycles. The van der Waals surface area contributed by atoms with Gasteiger partial charge in [0.1, 0.15) is 0 Å². The van der Waals surface area contributed by atoms with Crippen LogP contribution in [0.3, 0.4) is 0 Å². The molecule has 2 N–H and O–H groups in total. The average molecular weight is 481 g/mol. The number of halogens is 1. The van der Waals surface area contributed by atoms with Gasteiger partial charge in [0.2, 0.25) is 0 Å². The Balaban J connectivity index is 1.36. The summed E-state index contributed by atoms with van der Waals surface area (Å²) in [5, 5.41) is 9.76. The molecule has 5 fully saturated rings. The van der Waals surface area contributed by atoms with E-state index in [-0.39, 0.29) is 34.5 Å². The summed E-state index contributed by atoms with van der Waals surface area (Å²) < 4.78 is 49.5. The van der Waals surface area contributed by atoms with Crippen molar-refractivity contribution < 1.29 is 27.5 Å². The second-order valence-electron chi connectivity index (χ2n) is 10.8. The molecule has 5 saturated carbocycles. The van der Waals surface area contributed by atoms with E-state index < -0.39 is 28.4 Å². The number of carbonyl (C=O) groups excluding carboxylic acids is 1. The molecular formula is C24H33FN2O5S. The molecule has 0 spiro atoms. The van der Waals surface area contributed by atoms with Crippen molar-refractivity contribution in [2.75, 3.05) is 13.2 Å². The minimum Gasteiger partial charge on any atom is -0.396 e. The molecular weight excluding hydrogens is 447 g/mol. The molecule has 0 radical (unpaired) electrons. The van der Waals surface area contributed by atoms with Gasteiger partial charge in [-0.3, -0.25) is 4.79 Å². The molecule has 4 bridgehead atoms. The Morgan fingerprint density at radius 3 is 2.21 bits per heavy atom. The van der Waals surface area contributed by atoms with Crippen LogP contribution in [0.25, 0.3) is 0 Å². The van der Waals surface area contributed by atoms with Crippen LogP contribution in [0.1, 0.15) is 68.1 Å². The van der Waals surface area contributed by atoms with Crippen LogP contribution >= 0.6 is 0 Å². The number of rotatable bonds is 10. The van der Waals surface area contributed by atoms with Crippen LogP contribution in [0.5, 0.6) is 0 Å². The summed E-state index contributed by atoms with van der Waals surface area (Å²) in [6.07, 6.45) is 7.97. The van der Waals surface area contributed by atoms with Crippen molar-refractivity contribution in [3.05, 3.63) is 35.9 Å². The lowest BCUT2D eigenvalue weighted by Gasteiger charge is -2.57. The third-order valence-corrected chi connectivity index (χ3v) is 9.42. The first kappa shape index (κ1) is 23.2. The molecule has 9 heteroatoms. The highest BCUT2D eigenvalue weighted by molar-refractivity contribution is 7.87. The Labute approximate surface area is 194 Å². The molecule has 1 unspecified atom stereocenters. The van der Waals surface area contributed by atoms with E-state index in [1.165, 1.54) is 31.4 Å². The first-order valence-corrected chi connectivity index (χ1v) is 13.5. The largest absolute Gasteiger partial charge is 0.396 e. The third-order valence-electron chi connectivity index (χ3n) is 8.24. The van der Waals surface area contributed by atoms with Crippen LogP contribution in [0.15, 0.2) is 30.3 Å². The predicted octanol–water partition coefficient (Wildman–Crippen LogP) is 3.57. The van der Waals surface area contributed by atoms with E-state index in [0.717, 1.165) is 19.3 Å². The monoisotopic (exact) mass is 480 g/mol. The van der Waals surface area contributed by atoms with Crippen LogP contribution in [-0.4, -0.2) is 42.9 Å². The number of hydrogen-bond donors (Lipinski definition) is 2. The van der Waals surface area contributed by atoms with Crippen LogP contribution in [0.2, 0.25) is 0 Å². The number of nitrogens with zero attached hydrogens (tertiary/aromatic N) is 1. The number of amides is 1. The lowest BCUT2D eigenvalue weighted by Crippen LogP contribution is -2.58. The van der Waals surface area contributed by atoms with Gasteiger partial charge in [-0.25, -0.2) is 4.72 Å². The van der Waals surface area contributed by atoms with E-state index in [1.807, 2.05) is 4.72 Å². The highest BCUT2D eigenvalue weighted by atomic mass is 32.2. The zero-order valence-corrected chi connectivity index (χ0v) is 19.6. The molecule has 0 saturated heterocycles. The molecule has 7 nitrogen and oxygen atoms in total. The molecule has 1 atom stereocenters. The van der Waals surface area contributed by atoms with E-state index in [0.29, 0.717) is 30.6 Å².